The van der Waals surface area contributed by atoms with Crippen LogP contribution in [0.1, 0.15) is 53.9 Å². The average molecular weight is 285 g/mol. The van der Waals surface area contributed by atoms with Gasteiger partial charge in [-0.1, -0.05) is 27.7 Å². The maximum absolute atomic E-state index is 11.6. The predicted molar refractivity (Wildman–Crippen MR) is 80.7 cm³/mol. The first-order valence-corrected chi connectivity index (χ1v) is 7.75. The zero-order chi connectivity index (χ0) is 15.2. The third-order valence-corrected chi connectivity index (χ3v) is 3.97. The van der Waals surface area contributed by atoms with E-state index in [0.717, 1.165) is 12.8 Å². The molecule has 0 saturated heterocycles. The van der Waals surface area contributed by atoms with Crippen molar-refractivity contribution in [3.8, 4) is 0 Å². The molecule has 1 aliphatic rings. The third kappa shape index (κ3) is 6.12. The lowest BCUT2D eigenvalue weighted by molar-refractivity contribution is 0.0528. The van der Waals surface area contributed by atoms with Crippen molar-refractivity contribution >= 4 is 6.09 Å². The lowest BCUT2D eigenvalue weighted by atomic mass is 9.61. The lowest BCUT2D eigenvalue weighted by Gasteiger charge is -2.45. The van der Waals surface area contributed by atoms with E-state index in [4.69, 9.17) is 9.47 Å². The highest BCUT2D eigenvalue weighted by Crippen LogP contribution is 2.48. The largest absolute Gasteiger partial charge is 0.447 e. The van der Waals surface area contributed by atoms with Crippen LogP contribution in [0.5, 0.6) is 0 Å². The van der Waals surface area contributed by atoms with E-state index in [-0.39, 0.29) is 11.5 Å². The zero-order valence-electron chi connectivity index (χ0n) is 13.8. The highest BCUT2D eigenvalue weighted by atomic mass is 16.6. The Bertz CT molecular complexity index is 317. The van der Waals surface area contributed by atoms with Crippen molar-refractivity contribution in [2.24, 2.45) is 16.7 Å². The molecule has 1 aliphatic carbocycles. The summed E-state index contributed by atoms with van der Waals surface area (Å²) in [7, 11) is 0. The molecular weight excluding hydrogens is 254 g/mol. The predicted octanol–water partition coefficient (Wildman–Crippen LogP) is 3.60. The molecule has 4 heteroatoms. The molecule has 4 nitrogen and oxygen atoms in total. The first-order chi connectivity index (χ1) is 9.26. The molecule has 1 fully saturated rings. The van der Waals surface area contributed by atoms with Gasteiger partial charge in [0.05, 0.1) is 6.61 Å². The van der Waals surface area contributed by atoms with Crippen LogP contribution in [-0.4, -0.2) is 32.5 Å². The number of carbonyl (C=O) groups excluding carboxylic acids is 1. The van der Waals surface area contributed by atoms with E-state index in [1.165, 1.54) is 6.42 Å². The van der Waals surface area contributed by atoms with Crippen LogP contribution in [0.2, 0.25) is 0 Å². The molecule has 0 radical (unpaired) electrons. The van der Waals surface area contributed by atoms with Gasteiger partial charge in [0.2, 0.25) is 0 Å². The Morgan fingerprint density at radius 2 is 1.95 bits per heavy atom. The molecule has 118 valence electrons. The highest BCUT2D eigenvalue weighted by Gasteiger charge is 2.39. The molecule has 0 aromatic carbocycles. The first-order valence-electron chi connectivity index (χ1n) is 7.75. The molecule has 2 unspecified atom stereocenters. The second kappa shape index (κ2) is 7.30. The molecule has 0 heterocycles. The summed E-state index contributed by atoms with van der Waals surface area (Å²) >= 11 is 0. The summed E-state index contributed by atoms with van der Waals surface area (Å²) in [5, 5.41) is 2.91. The van der Waals surface area contributed by atoms with Crippen LogP contribution in [0.15, 0.2) is 0 Å². The van der Waals surface area contributed by atoms with Gasteiger partial charge in [0.15, 0.2) is 0 Å². The number of carbonyl (C=O) groups is 1. The number of ether oxygens (including phenoxy) is 2. The fraction of sp³-hybridized carbons (Fsp3) is 0.938. The van der Waals surface area contributed by atoms with Gasteiger partial charge >= 0.3 is 6.09 Å². The minimum atomic E-state index is -0.332. The Labute approximate surface area is 123 Å². The van der Waals surface area contributed by atoms with Crippen molar-refractivity contribution in [3.63, 3.8) is 0 Å². The smallest absolute Gasteiger partial charge is 0.407 e. The van der Waals surface area contributed by atoms with E-state index in [0.29, 0.717) is 37.7 Å². The Kier molecular flexibility index (Phi) is 6.31. The van der Waals surface area contributed by atoms with Crippen molar-refractivity contribution in [3.05, 3.63) is 0 Å². The van der Waals surface area contributed by atoms with Gasteiger partial charge in [-0.15, -0.1) is 0 Å². The standard InChI is InChI=1S/C16H31NO3/c1-6-19-7-8-20-14(18)17-12-16(5)10-13(2)9-15(3,4)11-16/h13H,6-12H2,1-5H3,(H,17,18). The maximum atomic E-state index is 11.6. The molecule has 0 spiro atoms. The van der Waals surface area contributed by atoms with Gasteiger partial charge in [-0.25, -0.2) is 4.79 Å². The summed E-state index contributed by atoms with van der Waals surface area (Å²) in [6, 6.07) is 0. The molecule has 1 rings (SSSR count). The van der Waals surface area contributed by atoms with Crippen LogP contribution >= 0.6 is 0 Å². The second-order valence-corrected chi connectivity index (χ2v) is 7.35. The van der Waals surface area contributed by atoms with E-state index in [9.17, 15) is 4.79 Å². The van der Waals surface area contributed by atoms with Gasteiger partial charge in [0.1, 0.15) is 6.61 Å². The van der Waals surface area contributed by atoms with Crippen LogP contribution in [0.25, 0.3) is 0 Å². The number of alkyl carbamates (subject to hydrolysis) is 1. The fourth-order valence-corrected chi connectivity index (χ4v) is 3.97. The average Bonchev–Trinajstić information content (AvgIpc) is 2.29. The summed E-state index contributed by atoms with van der Waals surface area (Å²) in [6.07, 6.45) is 3.24. The quantitative estimate of drug-likeness (QED) is 0.758. The first kappa shape index (κ1) is 17.3. The summed E-state index contributed by atoms with van der Waals surface area (Å²) in [4.78, 5) is 11.6. The normalized spacial score (nSPS) is 28.9. The summed E-state index contributed by atoms with van der Waals surface area (Å²) in [6.45, 7) is 13.3. The molecule has 2 atom stereocenters. The third-order valence-electron chi connectivity index (χ3n) is 3.97. The molecular formula is C16H31NO3. The number of nitrogens with one attached hydrogen (secondary N) is 1. The van der Waals surface area contributed by atoms with E-state index >= 15 is 0 Å². The van der Waals surface area contributed by atoms with Gasteiger partial charge in [-0.3, -0.25) is 0 Å². The molecule has 1 amide bonds. The molecule has 0 bridgehead atoms. The van der Waals surface area contributed by atoms with Crippen LogP contribution in [-0.2, 0) is 9.47 Å². The minimum Gasteiger partial charge on any atom is -0.447 e. The van der Waals surface area contributed by atoms with Crippen molar-refractivity contribution in [1.82, 2.24) is 5.32 Å². The number of rotatable bonds is 6. The summed E-state index contributed by atoms with van der Waals surface area (Å²) < 4.78 is 10.2. The fourth-order valence-electron chi connectivity index (χ4n) is 3.97. The molecule has 0 aliphatic heterocycles. The molecule has 0 aromatic heterocycles. The van der Waals surface area contributed by atoms with Crippen molar-refractivity contribution < 1.29 is 14.3 Å². The maximum Gasteiger partial charge on any atom is 0.407 e. The topological polar surface area (TPSA) is 47.6 Å². The second-order valence-electron chi connectivity index (χ2n) is 7.35. The Balaban J connectivity index is 2.33. The van der Waals surface area contributed by atoms with Crippen molar-refractivity contribution in [2.75, 3.05) is 26.4 Å². The zero-order valence-corrected chi connectivity index (χ0v) is 13.8. The van der Waals surface area contributed by atoms with Crippen molar-refractivity contribution in [2.45, 2.75) is 53.9 Å². The Morgan fingerprint density at radius 1 is 1.25 bits per heavy atom. The van der Waals surface area contributed by atoms with Gasteiger partial charge < -0.3 is 14.8 Å². The highest BCUT2D eigenvalue weighted by molar-refractivity contribution is 5.67. The number of hydrogen-bond donors (Lipinski definition) is 1. The summed E-state index contributed by atoms with van der Waals surface area (Å²) in [5.74, 6) is 0.708. The van der Waals surface area contributed by atoms with E-state index in [1.807, 2.05) is 6.92 Å². The van der Waals surface area contributed by atoms with E-state index in [1.54, 1.807) is 0 Å². The van der Waals surface area contributed by atoms with Crippen LogP contribution in [0, 0.1) is 16.7 Å². The van der Waals surface area contributed by atoms with Gasteiger partial charge in [0, 0.05) is 13.2 Å². The lowest BCUT2D eigenvalue weighted by Crippen LogP contribution is -2.43. The van der Waals surface area contributed by atoms with Crippen LogP contribution in [0.4, 0.5) is 4.79 Å². The van der Waals surface area contributed by atoms with Crippen LogP contribution < -0.4 is 5.32 Å². The number of hydrogen-bond acceptors (Lipinski definition) is 3. The molecule has 1 N–H and O–H groups in total. The molecule has 1 saturated carbocycles. The van der Waals surface area contributed by atoms with Gasteiger partial charge in [-0.2, -0.15) is 0 Å². The number of amides is 1. The Morgan fingerprint density at radius 3 is 2.55 bits per heavy atom. The van der Waals surface area contributed by atoms with Gasteiger partial charge in [-0.05, 0) is 42.9 Å². The van der Waals surface area contributed by atoms with E-state index in [2.05, 4.69) is 33.0 Å². The minimum absolute atomic E-state index is 0.167. The monoisotopic (exact) mass is 285 g/mol. The van der Waals surface area contributed by atoms with Gasteiger partial charge in [0.25, 0.3) is 0 Å². The molecule has 20 heavy (non-hydrogen) atoms. The van der Waals surface area contributed by atoms with Crippen LogP contribution in [0.3, 0.4) is 0 Å². The summed E-state index contributed by atoms with van der Waals surface area (Å²) in [5.41, 5.74) is 0.521. The van der Waals surface area contributed by atoms with Crippen molar-refractivity contribution in [1.29, 1.82) is 0 Å². The Hall–Kier alpha value is -0.770. The molecule has 0 aromatic rings. The van der Waals surface area contributed by atoms with E-state index < -0.39 is 0 Å². The SMILES string of the molecule is CCOCCOC(=O)NCC1(C)CC(C)CC(C)(C)C1.